The van der Waals surface area contributed by atoms with Gasteiger partial charge in [0.05, 0.1) is 12.3 Å². The van der Waals surface area contributed by atoms with Gasteiger partial charge in [0.15, 0.2) is 0 Å². The topological polar surface area (TPSA) is 39.1 Å². The number of nitrogens with zero attached hydrogens (tertiary/aromatic N) is 2. The van der Waals surface area contributed by atoms with Gasteiger partial charge in [-0.2, -0.15) is 0 Å². The van der Waals surface area contributed by atoms with Gasteiger partial charge in [0.25, 0.3) is 0 Å². The van der Waals surface area contributed by atoms with Gasteiger partial charge in [-0.25, -0.2) is 4.68 Å². The molecule has 1 aliphatic heterocycles. The predicted octanol–water partition coefficient (Wildman–Crippen LogP) is 2.93. The van der Waals surface area contributed by atoms with Gasteiger partial charge in [-0.15, -0.1) is 5.10 Å². The molecule has 0 amide bonds. The van der Waals surface area contributed by atoms with Crippen LogP contribution in [0.15, 0.2) is 18.7 Å². The summed E-state index contributed by atoms with van der Waals surface area (Å²) in [5.74, 6) is 1.38. The minimum Gasteiger partial charge on any atom is -0.476 e. The molecular formula is C16H25N3O. The summed E-state index contributed by atoms with van der Waals surface area (Å²) in [5, 5.41) is 7.91. The van der Waals surface area contributed by atoms with Crippen LogP contribution in [0.25, 0.3) is 5.70 Å². The zero-order valence-corrected chi connectivity index (χ0v) is 12.8. The zero-order chi connectivity index (χ0) is 14.5. The number of allylic oxidation sites excluding steroid dienone is 3. The second-order valence-electron chi connectivity index (χ2n) is 5.42. The van der Waals surface area contributed by atoms with Crippen LogP contribution in [0, 0.1) is 19.8 Å². The highest BCUT2D eigenvalue weighted by Gasteiger charge is 2.17. The number of ether oxygens (including phenoxy) is 1. The molecule has 0 radical (unpaired) electrons. The normalized spacial score (nSPS) is 16.8. The van der Waals surface area contributed by atoms with E-state index in [2.05, 4.69) is 30.8 Å². The van der Waals surface area contributed by atoms with E-state index in [1.54, 1.807) is 0 Å². The molecule has 1 N–H and O–H groups in total. The van der Waals surface area contributed by atoms with E-state index in [0.29, 0.717) is 5.92 Å². The summed E-state index contributed by atoms with van der Waals surface area (Å²) in [4.78, 5) is 0. The molecule has 1 saturated heterocycles. The van der Waals surface area contributed by atoms with E-state index < -0.39 is 0 Å². The molecular weight excluding hydrogens is 250 g/mol. The monoisotopic (exact) mass is 275 g/mol. The zero-order valence-electron chi connectivity index (χ0n) is 12.8. The summed E-state index contributed by atoms with van der Waals surface area (Å²) in [7, 11) is 0. The largest absolute Gasteiger partial charge is 0.476 e. The van der Waals surface area contributed by atoms with Crippen molar-refractivity contribution in [2.75, 3.05) is 19.7 Å². The molecule has 4 heteroatoms. The summed E-state index contributed by atoms with van der Waals surface area (Å²) in [5.41, 5.74) is 3.06. The van der Waals surface area contributed by atoms with Crippen molar-refractivity contribution in [3.05, 3.63) is 30.0 Å². The maximum atomic E-state index is 5.94. The van der Waals surface area contributed by atoms with Crippen LogP contribution in [0.2, 0.25) is 0 Å². The van der Waals surface area contributed by atoms with Gasteiger partial charge < -0.3 is 10.1 Å². The Labute approximate surface area is 121 Å². The fraction of sp³-hybridized carbons (Fsp3) is 0.562. The molecule has 20 heavy (non-hydrogen) atoms. The fourth-order valence-electron chi connectivity index (χ4n) is 2.48. The second kappa shape index (κ2) is 6.75. The second-order valence-corrected chi connectivity index (χ2v) is 5.42. The van der Waals surface area contributed by atoms with Crippen molar-refractivity contribution in [1.29, 1.82) is 0 Å². The Balaban J connectivity index is 2.04. The van der Waals surface area contributed by atoms with Crippen molar-refractivity contribution in [3.8, 4) is 5.88 Å². The van der Waals surface area contributed by atoms with Crippen LogP contribution in [0.4, 0.5) is 0 Å². The number of aromatic nitrogens is 2. The van der Waals surface area contributed by atoms with Gasteiger partial charge >= 0.3 is 0 Å². The lowest BCUT2D eigenvalue weighted by atomic mass is 9.99. The molecule has 0 atom stereocenters. The molecule has 1 fully saturated rings. The minimum atomic E-state index is 0.639. The Bertz CT molecular complexity index is 496. The third kappa shape index (κ3) is 3.31. The standard InChI is InChI=1S/C16H25N3O/c1-5-6-12(2)19-14(4)13(3)16(18-19)20-11-15-7-9-17-10-8-15/h5-6,15,17H,2,7-11H2,1,3-4H3/b6-5-. The van der Waals surface area contributed by atoms with Gasteiger partial charge in [0.1, 0.15) is 0 Å². The van der Waals surface area contributed by atoms with Gasteiger partial charge in [-0.05, 0) is 58.7 Å². The highest BCUT2D eigenvalue weighted by atomic mass is 16.5. The third-order valence-electron chi connectivity index (χ3n) is 3.92. The average Bonchev–Trinajstić information content (AvgIpc) is 2.74. The smallest absolute Gasteiger partial charge is 0.236 e. The molecule has 4 nitrogen and oxygen atoms in total. The van der Waals surface area contributed by atoms with Crippen LogP contribution in [0.5, 0.6) is 5.88 Å². The lowest BCUT2D eigenvalue weighted by Crippen LogP contribution is -2.30. The van der Waals surface area contributed by atoms with Crippen LogP contribution in [0.1, 0.15) is 31.0 Å². The fourth-order valence-corrected chi connectivity index (χ4v) is 2.48. The van der Waals surface area contributed by atoms with E-state index >= 15 is 0 Å². The molecule has 0 aromatic carbocycles. The Morgan fingerprint density at radius 1 is 1.45 bits per heavy atom. The molecule has 0 spiro atoms. The first-order chi connectivity index (χ1) is 9.63. The van der Waals surface area contributed by atoms with Gasteiger partial charge in [0.2, 0.25) is 5.88 Å². The van der Waals surface area contributed by atoms with Crippen LogP contribution in [-0.4, -0.2) is 29.5 Å². The number of rotatable bonds is 5. The van der Waals surface area contributed by atoms with E-state index in [0.717, 1.165) is 42.5 Å². The number of nitrogens with one attached hydrogen (secondary N) is 1. The summed E-state index contributed by atoms with van der Waals surface area (Å²) in [6.07, 6.45) is 6.29. The van der Waals surface area contributed by atoms with Crippen molar-refractivity contribution >= 4 is 5.70 Å². The average molecular weight is 275 g/mol. The summed E-state index contributed by atoms with van der Waals surface area (Å²) < 4.78 is 7.80. The van der Waals surface area contributed by atoms with E-state index in [4.69, 9.17) is 4.74 Å². The first kappa shape index (κ1) is 14.9. The quantitative estimate of drug-likeness (QED) is 0.840. The van der Waals surface area contributed by atoms with E-state index in [1.807, 2.05) is 23.8 Å². The van der Waals surface area contributed by atoms with Gasteiger partial charge in [0, 0.05) is 11.3 Å². The van der Waals surface area contributed by atoms with Crippen molar-refractivity contribution in [1.82, 2.24) is 15.1 Å². The summed E-state index contributed by atoms with van der Waals surface area (Å²) in [6, 6.07) is 0. The number of hydrogen-bond acceptors (Lipinski definition) is 3. The van der Waals surface area contributed by atoms with Crippen molar-refractivity contribution in [2.24, 2.45) is 5.92 Å². The molecule has 0 saturated carbocycles. The lowest BCUT2D eigenvalue weighted by Gasteiger charge is -2.22. The highest BCUT2D eigenvalue weighted by molar-refractivity contribution is 5.55. The minimum absolute atomic E-state index is 0.639. The van der Waals surface area contributed by atoms with E-state index in [9.17, 15) is 0 Å². The SMILES string of the molecule is C=C(/C=C\C)n1nc(OCC2CCNCC2)c(C)c1C. The molecule has 2 rings (SSSR count). The van der Waals surface area contributed by atoms with Gasteiger partial charge in [-0.3, -0.25) is 0 Å². The third-order valence-corrected chi connectivity index (χ3v) is 3.92. The maximum absolute atomic E-state index is 5.94. The highest BCUT2D eigenvalue weighted by Crippen LogP contribution is 2.24. The molecule has 0 bridgehead atoms. The van der Waals surface area contributed by atoms with Crippen LogP contribution >= 0.6 is 0 Å². The molecule has 1 aromatic heterocycles. The van der Waals surface area contributed by atoms with Crippen molar-refractivity contribution < 1.29 is 4.74 Å². The lowest BCUT2D eigenvalue weighted by molar-refractivity contribution is 0.207. The first-order valence-electron chi connectivity index (χ1n) is 7.35. The number of hydrogen-bond donors (Lipinski definition) is 1. The van der Waals surface area contributed by atoms with E-state index in [-0.39, 0.29) is 0 Å². The van der Waals surface area contributed by atoms with Crippen LogP contribution in [0.3, 0.4) is 0 Å². The van der Waals surface area contributed by atoms with E-state index in [1.165, 1.54) is 12.8 Å². The summed E-state index contributed by atoms with van der Waals surface area (Å²) in [6.45, 7) is 13.1. The maximum Gasteiger partial charge on any atom is 0.236 e. The van der Waals surface area contributed by atoms with Crippen molar-refractivity contribution in [3.63, 3.8) is 0 Å². The summed E-state index contributed by atoms with van der Waals surface area (Å²) >= 11 is 0. The number of piperidine rings is 1. The van der Waals surface area contributed by atoms with Crippen molar-refractivity contribution in [2.45, 2.75) is 33.6 Å². The molecule has 1 aromatic rings. The molecule has 2 heterocycles. The Morgan fingerprint density at radius 3 is 2.80 bits per heavy atom. The predicted molar refractivity (Wildman–Crippen MR) is 82.9 cm³/mol. The Hall–Kier alpha value is -1.55. The molecule has 0 unspecified atom stereocenters. The van der Waals surface area contributed by atoms with Crippen LogP contribution in [-0.2, 0) is 0 Å². The van der Waals surface area contributed by atoms with Gasteiger partial charge in [-0.1, -0.05) is 12.7 Å². The molecule has 110 valence electrons. The molecule has 0 aliphatic carbocycles. The Kier molecular flexibility index (Phi) is 5.01. The first-order valence-corrected chi connectivity index (χ1v) is 7.35. The van der Waals surface area contributed by atoms with Crippen LogP contribution < -0.4 is 10.1 Å². The molecule has 1 aliphatic rings. The Morgan fingerprint density at radius 2 is 2.15 bits per heavy atom.